The third-order valence-corrected chi connectivity index (χ3v) is 10.2. The van der Waals surface area contributed by atoms with E-state index >= 15 is 0 Å². The Bertz CT molecular complexity index is 753. The predicted octanol–water partition coefficient (Wildman–Crippen LogP) is 13.0. The molecule has 0 aromatic heterocycles. The Morgan fingerprint density at radius 2 is 0.714 bits per heavy atom. The zero-order valence-electron chi connectivity index (χ0n) is 33.3. The van der Waals surface area contributed by atoms with Crippen LogP contribution in [0.25, 0.3) is 0 Å². The number of ether oxygens (including phenoxy) is 3. The van der Waals surface area contributed by atoms with Gasteiger partial charge in [0.1, 0.15) is 13.2 Å². The molecule has 0 bridgehead atoms. The molecular weight excluding hydrogens is 612 g/mol. The first-order valence-corrected chi connectivity index (χ1v) is 21.3. The smallest absolute Gasteiger partial charge is 0.306 e. The SMILES string of the molecule is CCCCCCCCCC(=O)OC[C@@H](COC(=O)CCCCCCCCCCCCC(C)CC)OC(=O)CCCCCCCCC(C)CC. The topological polar surface area (TPSA) is 78.9 Å². The molecule has 0 spiro atoms. The maximum absolute atomic E-state index is 12.6. The first-order chi connectivity index (χ1) is 23.8. The normalized spacial score (nSPS) is 13.2. The summed E-state index contributed by atoms with van der Waals surface area (Å²) in [6.07, 6.45) is 32.3. The van der Waals surface area contributed by atoms with Gasteiger partial charge in [-0.25, -0.2) is 0 Å². The van der Waals surface area contributed by atoms with Crippen molar-refractivity contribution in [1.29, 1.82) is 0 Å². The van der Waals surface area contributed by atoms with E-state index in [1.165, 1.54) is 116 Å². The molecule has 0 heterocycles. The molecule has 49 heavy (non-hydrogen) atoms. The standard InChI is InChI=1S/C43H82O6/c1-6-9-10-11-16-23-28-33-41(44)47-36-40(49-43(46)35-30-25-20-19-22-27-32-39(5)8-3)37-48-42(45)34-29-24-18-15-13-12-14-17-21-26-31-38(4)7-2/h38-40H,6-37H2,1-5H3/t38?,39?,40-/m0/s1. The molecule has 0 aliphatic heterocycles. The number of esters is 3. The average molecular weight is 695 g/mol. The maximum Gasteiger partial charge on any atom is 0.306 e. The number of carbonyl (C=O) groups excluding carboxylic acids is 3. The molecule has 0 rings (SSSR count). The quantitative estimate of drug-likeness (QED) is 0.0366. The van der Waals surface area contributed by atoms with Gasteiger partial charge in [0.05, 0.1) is 0 Å². The Kier molecular flexibility index (Phi) is 35.0. The summed E-state index contributed by atoms with van der Waals surface area (Å²) >= 11 is 0. The minimum absolute atomic E-state index is 0.0666. The number of hydrogen-bond acceptors (Lipinski definition) is 6. The molecule has 6 nitrogen and oxygen atoms in total. The largest absolute Gasteiger partial charge is 0.462 e. The maximum atomic E-state index is 12.6. The van der Waals surface area contributed by atoms with Crippen molar-refractivity contribution in [3.05, 3.63) is 0 Å². The van der Waals surface area contributed by atoms with Crippen LogP contribution in [0.15, 0.2) is 0 Å². The fraction of sp³-hybridized carbons (Fsp3) is 0.930. The zero-order valence-corrected chi connectivity index (χ0v) is 33.3. The summed E-state index contributed by atoms with van der Waals surface area (Å²) in [4.78, 5) is 37.5. The van der Waals surface area contributed by atoms with Gasteiger partial charge in [0, 0.05) is 19.3 Å². The van der Waals surface area contributed by atoms with Gasteiger partial charge in [0.15, 0.2) is 6.10 Å². The molecule has 0 aliphatic carbocycles. The van der Waals surface area contributed by atoms with Crippen LogP contribution in [0.1, 0.15) is 227 Å². The average Bonchev–Trinajstić information content (AvgIpc) is 3.10. The molecular formula is C43H82O6. The molecule has 0 aromatic rings. The zero-order chi connectivity index (χ0) is 36.2. The highest BCUT2D eigenvalue weighted by atomic mass is 16.6. The summed E-state index contributed by atoms with van der Waals surface area (Å²) < 4.78 is 16.6. The van der Waals surface area contributed by atoms with Gasteiger partial charge in [0.25, 0.3) is 0 Å². The van der Waals surface area contributed by atoms with Crippen LogP contribution in [0.2, 0.25) is 0 Å². The van der Waals surface area contributed by atoms with Gasteiger partial charge in [-0.05, 0) is 31.1 Å². The van der Waals surface area contributed by atoms with Crippen LogP contribution in [0.4, 0.5) is 0 Å². The summed E-state index contributed by atoms with van der Waals surface area (Å²) in [5.74, 6) is 0.808. The molecule has 0 saturated carbocycles. The van der Waals surface area contributed by atoms with Crippen LogP contribution < -0.4 is 0 Å². The number of unbranched alkanes of at least 4 members (excludes halogenated alkanes) is 20. The van der Waals surface area contributed by atoms with Gasteiger partial charge >= 0.3 is 17.9 Å². The van der Waals surface area contributed by atoms with Crippen molar-refractivity contribution in [1.82, 2.24) is 0 Å². The van der Waals surface area contributed by atoms with Crippen LogP contribution in [-0.4, -0.2) is 37.2 Å². The lowest BCUT2D eigenvalue weighted by atomic mass is 9.99. The van der Waals surface area contributed by atoms with Gasteiger partial charge in [0.2, 0.25) is 0 Å². The molecule has 0 aliphatic rings. The Morgan fingerprint density at radius 3 is 1.06 bits per heavy atom. The second kappa shape index (κ2) is 36.2. The molecule has 0 saturated heterocycles. The Balaban J connectivity index is 4.30. The van der Waals surface area contributed by atoms with Crippen molar-refractivity contribution in [2.75, 3.05) is 13.2 Å². The lowest BCUT2D eigenvalue weighted by molar-refractivity contribution is -0.167. The summed E-state index contributed by atoms with van der Waals surface area (Å²) in [5.41, 5.74) is 0. The first-order valence-electron chi connectivity index (χ1n) is 21.3. The third kappa shape index (κ3) is 34.6. The van der Waals surface area contributed by atoms with Gasteiger partial charge < -0.3 is 14.2 Å². The van der Waals surface area contributed by atoms with E-state index in [-0.39, 0.29) is 31.1 Å². The van der Waals surface area contributed by atoms with Crippen LogP contribution in [-0.2, 0) is 28.6 Å². The van der Waals surface area contributed by atoms with Crippen molar-refractivity contribution in [2.45, 2.75) is 233 Å². The molecule has 0 fully saturated rings. The van der Waals surface area contributed by atoms with E-state index in [0.717, 1.165) is 69.6 Å². The second-order valence-corrected chi connectivity index (χ2v) is 15.1. The molecule has 290 valence electrons. The number of hydrogen-bond donors (Lipinski definition) is 0. The molecule has 0 aromatic carbocycles. The van der Waals surface area contributed by atoms with Gasteiger partial charge in [-0.15, -0.1) is 0 Å². The van der Waals surface area contributed by atoms with Gasteiger partial charge in [-0.1, -0.05) is 189 Å². The monoisotopic (exact) mass is 695 g/mol. The van der Waals surface area contributed by atoms with E-state index in [1.807, 2.05) is 0 Å². The highest BCUT2D eigenvalue weighted by Gasteiger charge is 2.19. The van der Waals surface area contributed by atoms with E-state index in [1.54, 1.807) is 0 Å². The van der Waals surface area contributed by atoms with E-state index in [9.17, 15) is 14.4 Å². The number of carbonyl (C=O) groups is 3. The Morgan fingerprint density at radius 1 is 0.408 bits per heavy atom. The molecule has 3 atom stereocenters. The van der Waals surface area contributed by atoms with Crippen molar-refractivity contribution >= 4 is 17.9 Å². The molecule has 6 heteroatoms. The fourth-order valence-corrected chi connectivity index (χ4v) is 6.16. The van der Waals surface area contributed by atoms with Crippen LogP contribution in [0, 0.1) is 11.8 Å². The van der Waals surface area contributed by atoms with Crippen molar-refractivity contribution in [3.8, 4) is 0 Å². The second-order valence-electron chi connectivity index (χ2n) is 15.1. The minimum atomic E-state index is -0.759. The fourth-order valence-electron chi connectivity index (χ4n) is 6.16. The predicted molar refractivity (Wildman–Crippen MR) is 206 cm³/mol. The highest BCUT2D eigenvalue weighted by molar-refractivity contribution is 5.71. The van der Waals surface area contributed by atoms with E-state index in [0.29, 0.717) is 19.3 Å². The Labute approximate surface area is 304 Å². The molecule has 0 N–H and O–H groups in total. The molecule has 0 radical (unpaired) electrons. The van der Waals surface area contributed by atoms with Crippen molar-refractivity contribution < 1.29 is 28.6 Å². The van der Waals surface area contributed by atoms with Crippen LogP contribution in [0.5, 0.6) is 0 Å². The third-order valence-electron chi connectivity index (χ3n) is 10.2. The lowest BCUT2D eigenvalue weighted by Gasteiger charge is -2.18. The summed E-state index contributed by atoms with van der Waals surface area (Å²) in [5, 5.41) is 0. The van der Waals surface area contributed by atoms with Crippen LogP contribution >= 0.6 is 0 Å². The summed E-state index contributed by atoms with van der Waals surface area (Å²) in [7, 11) is 0. The van der Waals surface area contributed by atoms with Crippen LogP contribution in [0.3, 0.4) is 0 Å². The summed E-state index contributed by atoms with van der Waals surface area (Å²) in [6.45, 7) is 11.3. The van der Waals surface area contributed by atoms with Crippen molar-refractivity contribution in [3.63, 3.8) is 0 Å². The molecule has 0 amide bonds. The summed E-state index contributed by atoms with van der Waals surface area (Å²) in [6, 6.07) is 0. The van der Waals surface area contributed by atoms with Crippen molar-refractivity contribution in [2.24, 2.45) is 11.8 Å². The Hall–Kier alpha value is -1.59. The molecule has 2 unspecified atom stereocenters. The highest BCUT2D eigenvalue weighted by Crippen LogP contribution is 2.17. The van der Waals surface area contributed by atoms with Gasteiger partial charge in [-0.2, -0.15) is 0 Å². The minimum Gasteiger partial charge on any atom is -0.462 e. The van der Waals surface area contributed by atoms with E-state index in [2.05, 4.69) is 34.6 Å². The van der Waals surface area contributed by atoms with E-state index in [4.69, 9.17) is 14.2 Å². The van der Waals surface area contributed by atoms with Gasteiger partial charge in [-0.3, -0.25) is 14.4 Å². The number of rotatable bonds is 37. The van der Waals surface area contributed by atoms with E-state index < -0.39 is 6.10 Å². The lowest BCUT2D eigenvalue weighted by Crippen LogP contribution is -2.30. The first kappa shape index (κ1) is 47.4.